The molecule has 2 aliphatic rings. The molecule has 2 N–H and O–H groups in total. The number of amides is 1. The fraction of sp³-hybridized carbons (Fsp3) is 0.588. The average molecular weight is 303 g/mol. The van der Waals surface area contributed by atoms with Crippen molar-refractivity contribution >= 4 is 5.91 Å². The third kappa shape index (κ3) is 3.85. The van der Waals surface area contributed by atoms with Crippen LogP contribution in [0.15, 0.2) is 24.3 Å². The molecule has 1 amide bonds. The van der Waals surface area contributed by atoms with Gasteiger partial charge in [-0.3, -0.25) is 9.69 Å². The first kappa shape index (κ1) is 15.5. The van der Waals surface area contributed by atoms with E-state index in [0.717, 1.165) is 57.8 Å². The van der Waals surface area contributed by atoms with Crippen LogP contribution in [0.4, 0.5) is 0 Å². The lowest BCUT2D eigenvalue weighted by Crippen LogP contribution is -2.45. The maximum atomic E-state index is 12.5. The van der Waals surface area contributed by atoms with Crippen molar-refractivity contribution in [1.82, 2.24) is 9.80 Å². The monoisotopic (exact) mass is 303 g/mol. The quantitative estimate of drug-likeness (QED) is 0.908. The second-order valence-corrected chi connectivity index (χ2v) is 6.24. The Hall–Kier alpha value is -1.43. The molecule has 0 saturated carbocycles. The molecule has 5 nitrogen and oxygen atoms in total. The Morgan fingerprint density at radius 1 is 1.18 bits per heavy atom. The van der Waals surface area contributed by atoms with Crippen molar-refractivity contribution in [2.45, 2.75) is 25.4 Å². The van der Waals surface area contributed by atoms with E-state index in [1.807, 2.05) is 17.0 Å². The first-order chi connectivity index (χ1) is 10.7. The highest BCUT2D eigenvalue weighted by Gasteiger charge is 2.22. The number of nitrogens with zero attached hydrogens (tertiary/aromatic N) is 2. The van der Waals surface area contributed by atoms with Gasteiger partial charge in [0.2, 0.25) is 0 Å². The van der Waals surface area contributed by atoms with E-state index in [4.69, 9.17) is 10.5 Å². The summed E-state index contributed by atoms with van der Waals surface area (Å²) in [5, 5.41) is 0. The third-order valence-corrected chi connectivity index (χ3v) is 4.46. The van der Waals surface area contributed by atoms with Crippen molar-refractivity contribution in [3.8, 4) is 0 Å². The first-order valence-corrected chi connectivity index (χ1v) is 8.16. The number of benzene rings is 1. The fourth-order valence-corrected chi connectivity index (χ4v) is 3.15. The van der Waals surface area contributed by atoms with Gasteiger partial charge in [0.15, 0.2) is 0 Å². The number of ether oxygens (including phenoxy) is 1. The highest BCUT2D eigenvalue weighted by atomic mass is 16.5. The molecule has 1 atom stereocenters. The number of morpholine rings is 1. The number of hydrogen-bond acceptors (Lipinski definition) is 4. The Bertz CT molecular complexity index is 497. The summed E-state index contributed by atoms with van der Waals surface area (Å²) in [6.07, 6.45) is 2.02. The Labute approximate surface area is 132 Å². The predicted molar refractivity (Wildman–Crippen MR) is 85.7 cm³/mol. The Kier molecular flexibility index (Phi) is 5.08. The van der Waals surface area contributed by atoms with E-state index in [1.165, 1.54) is 5.56 Å². The van der Waals surface area contributed by atoms with Crippen LogP contribution in [0.2, 0.25) is 0 Å². The topological polar surface area (TPSA) is 58.8 Å². The van der Waals surface area contributed by atoms with Crippen LogP contribution < -0.4 is 5.73 Å². The van der Waals surface area contributed by atoms with Gasteiger partial charge in [-0.1, -0.05) is 12.1 Å². The zero-order valence-electron chi connectivity index (χ0n) is 13.0. The Balaban J connectivity index is 1.59. The van der Waals surface area contributed by atoms with E-state index in [1.54, 1.807) is 0 Å². The van der Waals surface area contributed by atoms with Gasteiger partial charge < -0.3 is 15.4 Å². The molecule has 0 spiro atoms. The minimum atomic E-state index is 0.105. The van der Waals surface area contributed by atoms with E-state index < -0.39 is 0 Å². The molecule has 22 heavy (non-hydrogen) atoms. The van der Waals surface area contributed by atoms with E-state index in [0.29, 0.717) is 6.54 Å². The maximum absolute atomic E-state index is 12.5. The van der Waals surface area contributed by atoms with Crippen LogP contribution in [0.1, 0.15) is 28.8 Å². The van der Waals surface area contributed by atoms with Gasteiger partial charge in [0.25, 0.3) is 5.91 Å². The van der Waals surface area contributed by atoms with Crippen LogP contribution in [0.3, 0.4) is 0 Å². The van der Waals surface area contributed by atoms with Gasteiger partial charge in [-0.05, 0) is 30.5 Å². The molecule has 2 aliphatic heterocycles. The second kappa shape index (κ2) is 7.22. The number of carbonyl (C=O) groups is 1. The predicted octanol–water partition coefficient (Wildman–Crippen LogP) is 1.08. The number of rotatable bonds is 3. The lowest BCUT2D eigenvalue weighted by atomic mass is 10.0. The van der Waals surface area contributed by atoms with Gasteiger partial charge in [0.1, 0.15) is 0 Å². The zero-order chi connectivity index (χ0) is 15.4. The van der Waals surface area contributed by atoms with Crippen LogP contribution in [0.5, 0.6) is 0 Å². The van der Waals surface area contributed by atoms with Crippen LogP contribution in [0.25, 0.3) is 0 Å². The summed E-state index contributed by atoms with van der Waals surface area (Å²) >= 11 is 0. The van der Waals surface area contributed by atoms with Gasteiger partial charge in [-0.25, -0.2) is 0 Å². The SMILES string of the molecule is N[C@@H]1CCCN(C(=O)c2ccc(CN3CCOCC3)cc2)C1. The minimum Gasteiger partial charge on any atom is -0.379 e. The summed E-state index contributed by atoms with van der Waals surface area (Å²) < 4.78 is 5.36. The summed E-state index contributed by atoms with van der Waals surface area (Å²) in [5.74, 6) is 0.105. The maximum Gasteiger partial charge on any atom is 0.253 e. The standard InChI is InChI=1S/C17H25N3O2/c18-16-2-1-7-20(13-16)17(21)15-5-3-14(4-6-15)12-19-8-10-22-11-9-19/h3-6,16H,1-2,7-13,18H2/t16-/m1/s1. The number of carbonyl (C=O) groups excluding carboxylic acids is 1. The normalized spacial score (nSPS) is 23.5. The number of likely N-dealkylation sites (tertiary alicyclic amines) is 1. The highest BCUT2D eigenvalue weighted by Crippen LogP contribution is 2.14. The van der Waals surface area contributed by atoms with Gasteiger partial charge in [0.05, 0.1) is 13.2 Å². The van der Waals surface area contributed by atoms with Crippen molar-refractivity contribution in [1.29, 1.82) is 0 Å². The molecule has 2 heterocycles. The molecule has 120 valence electrons. The molecule has 3 rings (SSSR count). The molecular formula is C17H25N3O2. The largest absolute Gasteiger partial charge is 0.379 e. The number of piperidine rings is 1. The summed E-state index contributed by atoms with van der Waals surface area (Å²) in [6.45, 7) is 6.00. The smallest absolute Gasteiger partial charge is 0.253 e. The first-order valence-electron chi connectivity index (χ1n) is 8.16. The highest BCUT2D eigenvalue weighted by molar-refractivity contribution is 5.94. The molecular weight excluding hydrogens is 278 g/mol. The molecule has 5 heteroatoms. The fourth-order valence-electron chi connectivity index (χ4n) is 3.15. The van der Waals surface area contributed by atoms with Gasteiger partial charge in [-0.15, -0.1) is 0 Å². The Morgan fingerprint density at radius 2 is 1.91 bits per heavy atom. The van der Waals surface area contributed by atoms with Crippen LogP contribution in [0, 0.1) is 0 Å². The molecule has 0 bridgehead atoms. The van der Waals surface area contributed by atoms with E-state index in [-0.39, 0.29) is 11.9 Å². The van der Waals surface area contributed by atoms with Crippen molar-refractivity contribution < 1.29 is 9.53 Å². The average Bonchev–Trinajstić information content (AvgIpc) is 2.56. The lowest BCUT2D eigenvalue weighted by Gasteiger charge is -2.31. The number of hydrogen-bond donors (Lipinski definition) is 1. The lowest BCUT2D eigenvalue weighted by molar-refractivity contribution is 0.0342. The van der Waals surface area contributed by atoms with Crippen molar-refractivity contribution in [2.75, 3.05) is 39.4 Å². The van der Waals surface area contributed by atoms with Gasteiger partial charge in [-0.2, -0.15) is 0 Å². The van der Waals surface area contributed by atoms with Crippen molar-refractivity contribution in [3.05, 3.63) is 35.4 Å². The van der Waals surface area contributed by atoms with Gasteiger partial charge >= 0.3 is 0 Å². The van der Waals surface area contributed by atoms with E-state index in [2.05, 4.69) is 17.0 Å². The Morgan fingerprint density at radius 3 is 2.59 bits per heavy atom. The molecule has 2 fully saturated rings. The third-order valence-electron chi connectivity index (χ3n) is 4.46. The minimum absolute atomic E-state index is 0.105. The van der Waals surface area contributed by atoms with E-state index >= 15 is 0 Å². The molecule has 2 saturated heterocycles. The summed E-state index contributed by atoms with van der Waals surface area (Å²) in [4.78, 5) is 16.7. The van der Waals surface area contributed by atoms with Crippen LogP contribution in [-0.4, -0.2) is 61.1 Å². The molecule has 0 unspecified atom stereocenters. The molecule has 0 aromatic heterocycles. The van der Waals surface area contributed by atoms with Gasteiger partial charge in [0, 0.05) is 44.3 Å². The van der Waals surface area contributed by atoms with Crippen LogP contribution in [-0.2, 0) is 11.3 Å². The molecule has 1 aromatic rings. The summed E-state index contributed by atoms with van der Waals surface area (Å²) in [6, 6.07) is 8.13. The second-order valence-electron chi connectivity index (χ2n) is 6.24. The number of nitrogens with two attached hydrogens (primary N) is 1. The molecule has 1 aromatic carbocycles. The van der Waals surface area contributed by atoms with Crippen LogP contribution >= 0.6 is 0 Å². The van der Waals surface area contributed by atoms with E-state index in [9.17, 15) is 4.79 Å². The summed E-state index contributed by atoms with van der Waals surface area (Å²) in [7, 11) is 0. The van der Waals surface area contributed by atoms with Crippen molar-refractivity contribution in [3.63, 3.8) is 0 Å². The molecule has 0 aliphatic carbocycles. The summed E-state index contributed by atoms with van der Waals surface area (Å²) in [5.41, 5.74) is 7.97. The zero-order valence-corrected chi connectivity index (χ0v) is 13.0. The van der Waals surface area contributed by atoms with Crippen molar-refractivity contribution in [2.24, 2.45) is 5.73 Å². The molecule has 0 radical (unpaired) electrons.